The van der Waals surface area contributed by atoms with Gasteiger partial charge >= 0.3 is 12.4 Å². The van der Waals surface area contributed by atoms with Gasteiger partial charge in [-0.1, -0.05) is 6.58 Å². The number of anilines is 1. The quantitative estimate of drug-likeness (QED) is 0.748. The second kappa shape index (κ2) is 7.18. The van der Waals surface area contributed by atoms with Crippen LogP contribution in [0, 0.1) is 0 Å². The number of pyridine rings is 1. The number of nitrogens with zero attached hydrogens (tertiary/aromatic N) is 3. The number of rotatable bonds is 5. The summed E-state index contributed by atoms with van der Waals surface area (Å²) in [4.78, 5) is 6.94. The van der Waals surface area contributed by atoms with Gasteiger partial charge in [0, 0.05) is 30.1 Å². The first-order valence-electron chi connectivity index (χ1n) is 7.27. The van der Waals surface area contributed by atoms with Gasteiger partial charge in [-0.3, -0.25) is 4.39 Å². The molecule has 0 aliphatic heterocycles. The summed E-state index contributed by atoms with van der Waals surface area (Å²) in [7, 11) is 0. The number of hydrogen-bond acceptors (Lipinski definition) is 4. The number of imidazole rings is 1. The van der Waals surface area contributed by atoms with Crippen molar-refractivity contribution >= 4 is 11.5 Å². The van der Waals surface area contributed by atoms with Gasteiger partial charge in [-0.15, -0.1) is 0 Å². The van der Waals surface area contributed by atoms with Crippen LogP contribution in [0.25, 0.3) is 17.0 Å². The Hall–Kier alpha value is -2.63. The summed E-state index contributed by atoms with van der Waals surface area (Å²) in [5.74, 6) is -1.77. The van der Waals surface area contributed by atoms with E-state index >= 15 is 0 Å². The highest BCUT2D eigenvalue weighted by Gasteiger charge is 2.43. The topological polar surface area (TPSA) is 77.0 Å². The standard InChI is InChI=1S/C15H13F7N4O/c1-7(2-3-16)26-6-10(25-13(26)11(27)15(20,21)22)8-4-9(14(17,18)19)12(23)24-5-8/h4-6,11,27H,1-3H2,(H2,23,24)/t11-/m1/s1. The van der Waals surface area contributed by atoms with E-state index < -0.39 is 42.3 Å². The number of nitrogen functional groups attached to an aromatic ring is 1. The molecular formula is C15H13F7N4O. The molecule has 0 bridgehead atoms. The van der Waals surface area contributed by atoms with Crippen LogP contribution >= 0.6 is 0 Å². The summed E-state index contributed by atoms with van der Waals surface area (Å²) in [6.45, 7) is 2.46. The van der Waals surface area contributed by atoms with Crippen LogP contribution in [0.3, 0.4) is 0 Å². The van der Waals surface area contributed by atoms with Gasteiger partial charge in [-0.25, -0.2) is 9.97 Å². The molecule has 0 saturated heterocycles. The van der Waals surface area contributed by atoms with E-state index in [9.17, 15) is 35.8 Å². The van der Waals surface area contributed by atoms with Gasteiger partial charge in [0.05, 0.1) is 17.9 Å². The third kappa shape index (κ3) is 4.38. The van der Waals surface area contributed by atoms with Gasteiger partial charge in [-0.05, 0) is 6.07 Å². The molecule has 0 aliphatic carbocycles. The number of aliphatic hydroxyl groups is 1. The van der Waals surface area contributed by atoms with Crippen LogP contribution in [-0.2, 0) is 6.18 Å². The molecule has 2 rings (SSSR count). The Balaban J connectivity index is 2.61. The van der Waals surface area contributed by atoms with E-state index in [1.165, 1.54) is 0 Å². The molecule has 0 saturated carbocycles. The summed E-state index contributed by atoms with van der Waals surface area (Å²) in [6.07, 6.45) is -11.6. The van der Waals surface area contributed by atoms with Crippen molar-refractivity contribution in [1.29, 1.82) is 0 Å². The number of aromatic nitrogens is 3. The maximum Gasteiger partial charge on any atom is 0.421 e. The molecule has 2 aromatic heterocycles. The minimum Gasteiger partial charge on any atom is -0.383 e. The highest BCUT2D eigenvalue weighted by Crippen LogP contribution is 2.37. The molecular weight excluding hydrogens is 385 g/mol. The maximum absolute atomic E-state index is 13.0. The van der Waals surface area contributed by atoms with E-state index in [4.69, 9.17) is 5.73 Å². The second-order valence-electron chi connectivity index (χ2n) is 5.46. The van der Waals surface area contributed by atoms with Crippen LogP contribution < -0.4 is 5.73 Å². The number of halogens is 7. The fourth-order valence-electron chi connectivity index (χ4n) is 2.20. The SMILES string of the molecule is C=C(CCF)n1cc(-c2cnc(N)c(C(F)(F)F)c2)nc1[C@@H](O)C(F)(F)F. The van der Waals surface area contributed by atoms with Crippen molar-refractivity contribution in [2.45, 2.75) is 24.9 Å². The maximum atomic E-state index is 13.0. The van der Waals surface area contributed by atoms with E-state index in [1.54, 1.807) is 0 Å². The molecule has 12 heteroatoms. The van der Waals surface area contributed by atoms with Crippen LogP contribution in [0.15, 0.2) is 25.0 Å². The first-order chi connectivity index (χ1) is 12.4. The van der Waals surface area contributed by atoms with Gasteiger partial charge in [0.15, 0.2) is 5.82 Å². The zero-order valence-electron chi connectivity index (χ0n) is 13.4. The molecule has 0 fully saturated rings. The predicted molar refractivity (Wildman–Crippen MR) is 81.8 cm³/mol. The molecule has 0 unspecified atom stereocenters. The highest BCUT2D eigenvalue weighted by atomic mass is 19.4. The van der Waals surface area contributed by atoms with E-state index in [-0.39, 0.29) is 23.4 Å². The van der Waals surface area contributed by atoms with Crippen LogP contribution in [0.2, 0.25) is 0 Å². The van der Waals surface area contributed by atoms with Crippen molar-refractivity contribution in [3.05, 3.63) is 36.4 Å². The Labute approximate surface area is 148 Å². The Morgan fingerprint density at radius 1 is 1.26 bits per heavy atom. The first kappa shape index (κ1) is 20.7. The van der Waals surface area contributed by atoms with Crippen LogP contribution in [0.4, 0.5) is 36.6 Å². The molecule has 0 aliphatic rings. The average Bonchev–Trinajstić information content (AvgIpc) is 2.98. The van der Waals surface area contributed by atoms with E-state index in [0.717, 1.165) is 12.4 Å². The van der Waals surface area contributed by atoms with Gasteiger partial charge in [0.25, 0.3) is 0 Å². The molecule has 2 aromatic rings. The molecule has 1 atom stereocenters. The highest BCUT2D eigenvalue weighted by molar-refractivity contribution is 5.63. The molecule has 27 heavy (non-hydrogen) atoms. The molecule has 5 nitrogen and oxygen atoms in total. The summed E-state index contributed by atoms with van der Waals surface area (Å²) >= 11 is 0. The van der Waals surface area contributed by atoms with E-state index in [0.29, 0.717) is 10.6 Å². The van der Waals surface area contributed by atoms with Crippen molar-refractivity contribution in [3.8, 4) is 11.3 Å². The van der Waals surface area contributed by atoms with E-state index in [1.807, 2.05) is 0 Å². The fourth-order valence-corrected chi connectivity index (χ4v) is 2.20. The van der Waals surface area contributed by atoms with Gasteiger partial charge < -0.3 is 15.4 Å². The Kier molecular flexibility index (Phi) is 5.50. The minimum absolute atomic E-state index is 0.172. The number of allylic oxidation sites excluding steroid dienone is 1. The largest absolute Gasteiger partial charge is 0.421 e. The summed E-state index contributed by atoms with van der Waals surface area (Å²) in [5, 5.41) is 9.48. The molecule has 0 amide bonds. The molecule has 0 aromatic carbocycles. The lowest BCUT2D eigenvalue weighted by Crippen LogP contribution is -2.23. The summed E-state index contributed by atoms with van der Waals surface area (Å²) in [5.41, 5.74) is 3.06. The number of aliphatic hydroxyl groups excluding tert-OH is 1. The average molecular weight is 398 g/mol. The number of alkyl halides is 7. The van der Waals surface area contributed by atoms with Crippen molar-refractivity contribution < 1.29 is 35.8 Å². The van der Waals surface area contributed by atoms with Crippen molar-refractivity contribution in [2.75, 3.05) is 12.4 Å². The van der Waals surface area contributed by atoms with Crippen LogP contribution in [0.1, 0.15) is 23.9 Å². The Morgan fingerprint density at radius 2 is 1.89 bits per heavy atom. The normalized spacial score (nSPS) is 13.6. The molecule has 0 spiro atoms. The van der Waals surface area contributed by atoms with E-state index in [2.05, 4.69) is 16.5 Å². The summed E-state index contributed by atoms with van der Waals surface area (Å²) < 4.78 is 90.7. The van der Waals surface area contributed by atoms with Crippen molar-refractivity contribution in [1.82, 2.24) is 14.5 Å². The lowest BCUT2D eigenvalue weighted by molar-refractivity contribution is -0.209. The van der Waals surface area contributed by atoms with Crippen LogP contribution in [-0.4, -0.2) is 32.5 Å². The number of hydrogen-bond donors (Lipinski definition) is 2. The molecule has 148 valence electrons. The first-order valence-corrected chi connectivity index (χ1v) is 7.27. The smallest absolute Gasteiger partial charge is 0.383 e. The predicted octanol–water partition coefficient (Wildman–Crippen LogP) is 3.97. The molecule has 3 N–H and O–H groups in total. The lowest BCUT2D eigenvalue weighted by atomic mass is 10.1. The molecule has 0 radical (unpaired) electrons. The van der Waals surface area contributed by atoms with Crippen molar-refractivity contribution in [2.24, 2.45) is 0 Å². The Morgan fingerprint density at radius 3 is 2.41 bits per heavy atom. The molecule has 2 heterocycles. The number of nitrogens with two attached hydrogens (primary N) is 1. The van der Waals surface area contributed by atoms with Gasteiger partial charge in [0.1, 0.15) is 5.82 Å². The van der Waals surface area contributed by atoms with Crippen LogP contribution in [0.5, 0.6) is 0 Å². The summed E-state index contributed by atoms with van der Waals surface area (Å²) in [6, 6.07) is 0.566. The van der Waals surface area contributed by atoms with Gasteiger partial charge in [0.2, 0.25) is 6.10 Å². The lowest BCUT2D eigenvalue weighted by Gasteiger charge is -2.16. The van der Waals surface area contributed by atoms with Crippen molar-refractivity contribution in [3.63, 3.8) is 0 Å². The minimum atomic E-state index is -5.10. The van der Waals surface area contributed by atoms with Gasteiger partial charge in [-0.2, -0.15) is 26.3 Å². The third-order valence-electron chi connectivity index (χ3n) is 3.53. The fraction of sp³-hybridized carbons (Fsp3) is 0.333. The third-order valence-corrected chi connectivity index (χ3v) is 3.53. The second-order valence-corrected chi connectivity index (χ2v) is 5.46. The monoisotopic (exact) mass is 398 g/mol. The zero-order valence-corrected chi connectivity index (χ0v) is 13.4. The Bertz CT molecular complexity index is 842. The zero-order chi connectivity index (χ0) is 20.6.